The van der Waals surface area contributed by atoms with Gasteiger partial charge in [-0.25, -0.2) is 4.98 Å². The van der Waals surface area contributed by atoms with Gasteiger partial charge in [0.05, 0.1) is 24.2 Å². The molecule has 152 valence electrons. The minimum atomic E-state index is -0.156. The lowest BCUT2D eigenvalue weighted by Gasteiger charge is -2.12. The highest BCUT2D eigenvalue weighted by Gasteiger charge is 2.11. The summed E-state index contributed by atoms with van der Waals surface area (Å²) in [5.41, 5.74) is 3.79. The van der Waals surface area contributed by atoms with Gasteiger partial charge in [-0.2, -0.15) is 0 Å². The third-order valence-electron chi connectivity index (χ3n) is 4.87. The molecule has 0 saturated heterocycles. The molecule has 0 bridgehead atoms. The lowest BCUT2D eigenvalue weighted by Crippen LogP contribution is -2.25. The Hall–Kier alpha value is -3.08. The number of carbonyl (C=O) groups excluding carboxylic acids is 1. The Labute approximate surface area is 172 Å². The molecule has 0 radical (unpaired) electrons. The molecule has 5 heteroatoms. The number of fused-ring (bicyclic) bond motifs is 1. The van der Waals surface area contributed by atoms with E-state index in [9.17, 15) is 4.79 Å². The molecule has 0 aliphatic carbocycles. The third kappa shape index (κ3) is 5.25. The average molecular weight is 392 g/mol. The second kappa shape index (κ2) is 9.41. The Balaban J connectivity index is 1.63. The van der Waals surface area contributed by atoms with Gasteiger partial charge in [0.1, 0.15) is 11.6 Å². The quantitative estimate of drug-likeness (QED) is 0.420. The number of nitrogens with zero attached hydrogens (tertiary/aromatic N) is 2. The zero-order valence-electron chi connectivity index (χ0n) is 17.4. The van der Waals surface area contributed by atoms with Gasteiger partial charge in [0, 0.05) is 12.1 Å². The second-order valence-electron chi connectivity index (χ2n) is 7.56. The van der Waals surface area contributed by atoms with Crippen LogP contribution in [0.2, 0.25) is 0 Å². The predicted molar refractivity (Wildman–Crippen MR) is 117 cm³/mol. The molecular weight excluding hydrogens is 362 g/mol. The van der Waals surface area contributed by atoms with Crippen molar-refractivity contribution in [2.75, 3.05) is 6.61 Å². The first-order valence-corrected chi connectivity index (χ1v) is 10.1. The zero-order valence-corrected chi connectivity index (χ0v) is 17.4. The summed E-state index contributed by atoms with van der Waals surface area (Å²) in [6.45, 7) is 11.5. The van der Waals surface area contributed by atoms with Gasteiger partial charge in [0.15, 0.2) is 0 Å². The van der Waals surface area contributed by atoms with Crippen molar-refractivity contribution in [2.24, 2.45) is 0 Å². The number of hydrogen-bond acceptors (Lipinski definition) is 3. The fraction of sp³-hybridized carbons (Fsp3) is 0.333. The summed E-state index contributed by atoms with van der Waals surface area (Å²) in [6, 6.07) is 16.3. The van der Waals surface area contributed by atoms with Gasteiger partial charge in [0.2, 0.25) is 5.91 Å². The molecule has 3 aromatic rings. The van der Waals surface area contributed by atoms with Crippen molar-refractivity contribution in [3.05, 3.63) is 72.1 Å². The first-order chi connectivity index (χ1) is 14.0. The van der Waals surface area contributed by atoms with E-state index in [1.807, 2.05) is 30.3 Å². The van der Waals surface area contributed by atoms with E-state index >= 15 is 0 Å². The minimum absolute atomic E-state index is 0.156. The van der Waals surface area contributed by atoms with E-state index in [2.05, 4.69) is 53.5 Å². The highest BCUT2D eigenvalue weighted by molar-refractivity contribution is 5.92. The molecule has 29 heavy (non-hydrogen) atoms. The molecule has 0 unspecified atom stereocenters. The number of rotatable bonds is 9. The Bertz CT molecular complexity index is 987. The topological polar surface area (TPSA) is 56.2 Å². The summed E-state index contributed by atoms with van der Waals surface area (Å²) >= 11 is 0. The molecule has 0 fully saturated rings. The molecule has 1 aromatic heterocycles. The fourth-order valence-corrected chi connectivity index (χ4v) is 3.18. The van der Waals surface area contributed by atoms with Gasteiger partial charge < -0.3 is 14.6 Å². The van der Waals surface area contributed by atoms with Crippen LogP contribution >= 0.6 is 0 Å². The Kier molecular flexibility index (Phi) is 6.70. The maximum atomic E-state index is 11.9. The number of aryl methyl sites for hydroxylation is 1. The fourth-order valence-electron chi connectivity index (χ4n) is 3.18. The van der Waals surface area contributed by atoms with E-state index in [0.717, 1.165) is 35.6 Å². The van der Waals surface area contributed by atoms with Gasteiger partial charge in [0.25, 0.3) is 0 Å². The van der Waals surface area contributed by atoms with E-state index < -0.39 is 0 Å². The smallest absolute Gasteiger partial charge is 0.246 e. The molecular formula is C24H29N3O2. The summed E-state index contributed by atoms with van der Waals surface area (Å²) < 4.78 is 8.06. The third-order valence-corrected chi connectivity index (χ3v) is 4.87. The molecule has 1 N–H and O–H groups in total. The summed E-state index contributed by atoms with van der Waals surface area (Å²) in [6.07, 6.45) is 0.841. The summed E-state index contributed by atoms with van der Waals surface area (Å²) in [5.74, 6) is 2.08. The van der Waals surface area contributed by atoms with Crippen LogP contribution in [0.3, 0.4) is 0 Å². The normalized spacial score (nSPS) is 11.0. The van der Waals surface area contributed by atoms with E-state index in [1.165, 1.54) is 5.56 Å². The van der Waals surface area contributed by atoms with Crippen molar-refractivity contribution >= 4 is 16.9 Å². The molecule has 0 aliphatic heterocycles. The second-order valence-corrected chi connectivity index (χ2v) is 7.56. The van der Waals surface area contributed by atoms with Crippen LogP contribution in [0.5, 0.6) is 5.75 Å². The van der Waals surface area contributed by atoms with Crippen molar-refractivity contribution in [1.82, 2.24) is 14.9 Å². The van der Waals surface area contributed by atoms with Crippen molar-refractivity contribution in [2.45, 2.75) is 46.2 Å². The van der Waals surface area contributed by atoms with Crippen molar-refractivity contribution in [1.29, 1.82) is 0 Å². The summed E-state index contributed by atoms with van der Waals surface area (Å²) in [7, 11) is 0. The molecule has 1 heterocycles. The van der Waals surface area contributed by atoms with Crippen molar-refractivity contribution in [3.63, 3.8) is 0 Å². The number of benzene rings is 2. The largest absolute Gasteiger partial charge is 0.494 e. The number of nitrogens with one attached hydrogen (secondary N) is 1. The monoisotopic (exact) mass is 391 g/mol. The lowest BCUT2D eigenvalue weighted by atomic mass is 10.0. The molecule has 5 nitrogen and oxygen atoms in total. The number of imidazole rings is 1. The molecule has 0 spiro atoms. The van der Waals surface area contributed by atoms with Crippen LogP contribution in [0, 0.1) is 0 Å². The lowest BCUT2D eigenvalue weighted by molar-refractivity contribution is -0.117. The Morgan fingerprint density at radius 3 is 2.59 bits per heavy atom. The minimum Gasteiger partial charge on any atom is -0.494 e. The SMILES string of the molecule is C=C(C)C(=O)NCc1nc2ccccc2n1CCCOc1ccc(C(C)C)cc1. The maximum Gasteiger partial charge on any atom is 0.246 e. The van der Waals surface area contributed by atoms with E-state index in [4.69, 9.17) is 4.74 Å². The number of para-hydroxylation sites is 2. The van der Waals surface area contributed by atoms with Crippen molar-refractivity contribution < 1.29 is 9.53 Å². The number of carbonyl (C=O) groups is 1. The van der Waals surface area contributed by atoms with Crippen LogP contribution in [0.25, 0.3) is 11.0 Å². The molecule has 0 atom stereocenters. The maximum absolute atomic E-state index is 11.9. The molecule has 0 saturated carbocycles. The van der Waals surface area contributed by atoms with Gasteiger partial charge in [-0.1, -0.05) is 44.7 Å². The molecule has 3 rings (SSSR count). The van der Waals surface area contributed by atoms with Crippen LogP contribution in [0.1, 0.15) is 44.5 Å². The molecule has 1 amide bonds. The summed E-state index contributed by atoms with van der Waals surface area (Å²) in [4.78, 5) is 16.5. The van der Waals surface area contributed by atoms with Gasteiger partial charge >= 0.3 is 0 Å². The number of hydrogen-bond donors (Lipinski definition) is 1. The first kappa shape index (κ1) is 20.6. The Morgan fingerprint density at radius 2 is 1.90 bits per heavy atom. The first-order valence-electron chi connectivity index (χ1n) is 10.1. The van der Waals surface area contributed by atoms with E-state index in [1.54, 1.807) is 6.92 Å². The van der Waals surface area contributed by atoms with Crippen LogP contribution in [0.4, 0.5) is 0 Å². The van der Waals surface area contributed by atoms with Crippen LogP contribution in [-0.4, -0.2) is 22.1 Å². The highest BCUT2D eigenvalue weighted by atomic mass is 16.5. The number of ether oxygens (including phenoxy) is 1. The van der Waals surface area contributed by atoms with Gasteiger partial charge in [-0.15, -0.1) is 0 Å². The summed E-state index contributed by atoms with van der Waals surface area (Å²) in [5, 5.41) is 2.88. The van der Waals surface area contributed by atoms with Crippen molar-refractivity contribution in [3.8, 4) is 5.75 Å². The van der Waals surface area contributed by atoms with Gasteiger partial charge in [-0.05, 0) is 49.1 Å². The average Bonchev–Trinajstić information content (AvgIpc) is 3.07. The zero-order chi connectivity index (χ0) is 20.8. The van der Waals surface area contributed by atoms with E-state index in [-0.39, 0.29) is 5.91 Å². The van der Waals surface area contributed by atoms with Crippen LogP contribution < -0.4 is 10.1 Å². The standard InChI is InChI=1S/C24H29N3O2/c1-17(2)19-10-12-20(13-11-19)29-15-7-14-27-22-9-6-5-8-21(22)26-23(27)16-25-24(28)18(3)4/h5-6,8-13,17H,3,7,14-16H2,1-2,4H3,(H,25,28). The number of amides is 1. The van der Waals surface area contributed by atoms with Crippen LogP contribution in [0.15, 0.2) is 60.7 Å². The number of aromatic nitrogens is 2. The molecule has 2 aromatic carbocycles. The predicted octanol–water partition coefficient (Wildman–Crippen LogP) is 4.82. The van der Waals surface area contributed by atoms with Gasteiger partial charge in [-0.3, -0.25) is 4.79 Å². The molecule has 0 aliphatic rings. The van der Waals surface area contributed by atoms with E-state index in [0.29, 0.717) is 24.6 Å². The highest BCUT2D eigenvalue weighted by Crippen LogP contribution is 2.19. The Morgan fingerprint density at radius 1 is 1.17 bits per heavy atom. The van der Waals surface area contributed by atoms with Crippen LogP contribution in [-0.2, 0) is 17.9 Å².